The summed E-state index contributed by atoms with van der Waals surface area (Å²) in [6.45, 7) is 7.88. The second kappa shape index (κ2) is 9.30. The molecule has 0 aromatic heterocycles. The summed E-state index contributed by atoms with van der Waals surface area (Å²) in [7, 11) is 0. The Bertz CT molecular complexity index is 815. The molecule has 1 aliphatic heterocycles. The summed E-state index contributed by atoms with van der Waals surface area (Å²) in [4.78, 5) is 17.1. The van der Waals surface area contributed by atoms with Gasteiger partial charge in [-0.05, 0) is 54.3 Å². The standard InChI is InChI=1S/C22H28ClN3O2/c1-3-16-5-10-20(23)19(4-2)22(16)24-21(28)15-25-11-13-26(14-12-25)17-6-8-18(27)9-7-17/h5-10,27H,3-4,11-15H2,1-2H3,(H,24,28). The number of anilines is 2. The topological polar surface area (TPSA) is 55.8 Å². The lowest BCUT2D eigenvalue weighted by molar-refractivity contribution is -0.117. The van der Waals surface area contributed by atoms with Crippen LogP contribution < -0.4 is 10.2 Å². The molecule has 2 aromatic rings. The van der Waals surface area contributed by atoms with Crippen molar-refractivity contribution in [3.05, 3.63) is 52.5 Å². The summed E-state index contributed by atoms with van der Waals surface area (Å²) in [5.41, 5.74) is 4.10. The number of nitrogens with one attached hydrogen (secondary N) is 1. The Morgan fingerprint density at radius 1 is 1.04 bits per heavy atom. The van der Waals surface area contributed by atoms with Crippen molar-refractivity contribution in [2.24, 2.45) is 0 Å². The first-order chi connectivity index (χ1) is 13.5. The quantitative estimate of drug-likeness (QED) is 0.770. The van der Waals surface area contributed by atoms with Crippen LogP contribution in [0, 0.1) is 0 Å². The van der Waals surface area contributed by atoms with E-state index in [1.165, 1.54) is 0 Å². The number of halogens is 1. The maximum atomic E-state index is 12.7. The number of amides is 1. The zero-order chi connectivity index (χ0) is 20.1. The van der Waals surface area contributed by atoms with Gasteiger partial charge in [0.25, 0.3) is 0 Å². The summed E-state index contributed by atoms with van der Waals surface area (Å²) in [5.74, 6) is 0.280. The van der Waals surface area contributed by atoms with Crippen molar-refractivity contribution in [2.45, 2.75) is 26.7 Å². The molecule has 0 bridgehead atoms. The van der Waals surface area contributed by atoms with Crippen LogP contribution in [0.15, 0.2) is 36.4 Å². The average Bonchev–Trinajstić information content (AvgIpc) is 2.70. The van der Waals surface area contributed by atoms with Crippen LogP contribution >= 0.6 is 11.6 Å². The SMILES string of the molecule is CCc1ccc(Cl)c(CC)c1NC(=O)CN1CCN(c2ccc(O)cc2)CC1. The van der Waals surface area contributed by atoms with Crippen molar-refractivity contribution in [3.8, 4) is 5.75 Å². The summed E-state index contributed by atoms with van der Waals surface area (Å²) >= 11 is 6.33. The average molecular weight is 402 g/mol. The van der Waals surface area contributed by atoms with Crippen LogP contribution in [-0.2, 0) is 17.6 Å². The number of benzene rings is 2. The van der Waals surface area contributed by atoms with Crippen molar-refractivity contribution in [2.75, 3.05) is 42.9 Å². The Kier molecular flexibility index (Phi) is 6.81. The largest absolute Gasteiger partial charge is 0.508 e. The number of nitrogens with zero attached hydrogens (tertiary/aromatic N) is 2. The van der Waals surface area contributed by atoms with E-state index in [4.69, 9.17) is 11.6 Å². The van der Waals surface area contributed by atoms with Gasteiger partial charge in [-0.15, -0.1) is 0 Å². The van der Waals surface area contributed by atoms with E-state index in [1.54, 1.807) is 12.1 Å². The zero-order valence-corrected chi connectivity index (χ0v) is 17.3. The van der Waals surface area contributed by atoms with Crippen LogP contribution in [0.1, 0.15) is 25.0 Å². The fourth-order valence-electron chi connectivity index (χ4n) is 3.68. The van der Waals surface area contributed by atoms with E-state index in [-0.39, 0.29) is 11.7 Å². The Labute approximate surface area is 171 Å². The second-order valence-corrected chi connectivity index (χ2v) is 7.50. The van der Waals surface area contributed by atoms with Crippen molar-refractivity contribution < 1.29 is 9.90 Å². The van der Waals surface area contributed by atoms with Gasteiger partial charge in [0.05, 0.1) is 6.54 Å². The molecule has 0 unspecified atom stereocenters. The summed E-state index contributed by atoms with van der Waals surface area (Å²) in [6, 6.07) is 11.2. The Balaban J connectivity index is 1.58. The fourth-order valence-corrected chi connectivity index (χ4v) is 3.97. The fraction of sp³-hybridized carbons (Fsp3) is 0.409. The lowest BCUT2D eigenvalue weighted by Crippen LogP contribution is -2.48. The Morgan fingerprint density at radius 3 is 2.32 bits per heavy atom. The summed E-state index contributed by atoms with van der Waals surface area (Å²) < 4.78 is 0. The van der Waals surface area contributed by atoms with E-state index in [1.807, 2.05) is 24.3 Å². The summed E-state index contributed by atoms with van der Waals surface area (Å²) in [5, 5.41) is 13.2. The molecule has 2 aromatic carbocycles. The summed E-state index contributed by atoms with van der Waals surface area (Å²) in [6.07, 6.45) is 1.64. The van der Waals surface area contributed by atoms with Crippen LogP contribution in [0.3, 0.4) is 0 Å². The van der Waals surface area contributed by atoms with Crippen LogP contribution in [0.2, 0.25) is 5.02 Å². The number of hydrogen-bond donors (Lipinski definition) is 2. The maximum Gasteiger partial charge on any atom is 0.238 e. The van der Waals surface area contributed by atoms with Gasteiger partial charge in [0, 0.05) is 42.6 Å². The minimum atomic E-state index is 0.00440. The first-order valence-corrected chi connectivity index (χ1v) is 10.3. The maximum absolute atomic E-state index is 12.7. The Morgan fingerprint density at radius 2 is 1.71 bits per heavy atom. The van der Waals surface area contributed by atoms with Gasteiger partial charge in [-0.2, -0.15) is 0 Å². The second-order valence-electron chi connectivity index (χ2n) is 7.09. The monoisotopic (exact) mass is 401 g/mol. The number of phenols is 1. The lowest BCUT2D eigenvalue weighted by atomic mass is 10.0. The molecule has 28 heavy (non-hydrogen) atoms. The number of phenolic OH excluding ortho intramolecular Hbond substituents is 1. The van der Waals surface area contributed by atoms with E-state index in [0.29, 0.717) is 11.6 Å². The van der Waals surface area contributed by atoms with Crippen LogP contribution in [0.25, 0.3) is 0 Å². The minimum Gasteiger partial charge on any atom is -0.508 e. The predicted molar refractivity (Wildman–Crippen MR) is 116 cm³/mol. The molecule has 1 amide bonds. The number of piperazine rings is 1. The van der Waals surface area contributed by atoms with Crippen molar-refractivity contribution >= 4 is 28.9 Å². The molecule has 0 spiro atoms. The highest BCUT2D eigenvalue weighted by atomic mass is 35.5. The van der Waals surface area contributed by atoms with E-state index >= 15 is 0 Å². The van der Waals surface area contributed by atoms with Crippen molar-refractivity contribution in [3.63, 3.8) is 0 Å². The third kappa shape index (κ3) is 4.78. The van der Waals surface area contributed by atoms with Crippen molar-refractivity contribution in [1.82, 2.24) is 4.90 Å². The van der Waals surface area contributed by atoms with E-state index in [2.05, 4.69) is 29.0 Å². The van der Waals surface area contributed by atoms with Crippen LogP contribution in [-0.4, -0.2) is 48.6 Å². The molecule has 150 valence electrons. The van der Waals surface area contributed by atoms with E-state index < -0.39 is 0 Å². The number of carbonyl (C=O) groups excluding carboxylic acids is 1. The first kappa shape index (κ1) is 20.5. The van der Waals surface area contributed by atoms with Crippen molar-refractivity contribution in [1.29, 1.82) is 0 Å². The molecule has 0 radical (unpaired) electrons. The molecule has 2 N–H and O–H groups in total. The molecule has 3 rings (SSSR count). The molecule has 0 aliphatic carbocycles. The molecule has 1 heterocycles. The highest BCUT2D eigenvalue weighted by Gasteiger charge is 2.20. The van der Waals surface area contributed by atoms with Gasteiger partial charge in [0.15, 0.2) is 0 Å². The molecule has 0 atom stereocenters. The third-order valence-corrected chi connectivity index (χ3v) is 5.65. The van der Waals surface area contributed by atoms with Gasteiger partial charge in [-0.25, -0.2) is 0 Å². The van der Waals surface area contributed by atoms with Crippen LogP contribution in [0.5, 0.6) is 5.75 Å². The zero-order valence-electron chi connectivity index (χ0n) is 16.5. The van der Waals surface area contributed by atoms with Gasteiger partial charge in [0.2, 0.25) is 5.91 Å². The number of hydrogen-bond acceptors (Lipinski definition) is 4. The smallest absolute Gasteiger partial charge is 0.238 e. The molecule has 5 nitrogen and oxygen atoms in total. The molecule has 1 saturated heterocycles. The van der Waals surface area contributed by atoms with Gasteiger partial charge >= 0.3 is 0 Å². The number of carbonyl (C=O) groups is 1. The highest BCUT2D eigenvalue weighted by molar-refractivity contribution is 6.32. The van der Waals surface area contributed by atoms with Gasteiger partial charge < -0.3 is 15.3 Å². The third-order valence-electron chi connectivity index (χ3n) is 5.30. The number of rotatable bonds is 6. The number of aryl methyl sites for hydroxylation is 1. The molecule has 6 heteroatoms. The highest BCUT2D eigenvalue weighted by Crippen LogP contribution is 2.29. The van der Waals surface area contributed by atoms with Gasteiger partial charge in [-0.1, -0.05) is 31.5 Å². The number of aromatic hydroxyl groups is 1. The molecule has 1 fully saturated rings. The predicted octanol–water partition coefficient (Wildman–Crippen LogP) is 3.93. The molecule has 1 aliphatic rings. The normalized spacial score (nSPS) is 14.9. The van der Waals surface area contributed by atoms with Gasteiger partial charge in [-0.3, -0.25) is 9.69 Å². The molecular formula is C22H28ClN3O2. The van der Waals surface area contributed by atoms with Crippen LogP contribution in [0.4, 0.5) is 11.4 Å². The molecule has 0 saturated carbocycles. The lowest BCUT2D eigenvalue weighted by Gasteiger charge is -2.35. The Hall–Kier alpha value is -2.24. The minimum absolute atomic E-state index is 0.00440. The molecular weight excluding hydrogens is 374 g/mol. The van der Waals surface area contributed by atoms with E-state index in [0.717, 1.165) is 61.5 Å². The first-order valence-electron chi connectivity index (χ1n) is 9.88. The van der Waals surface area contributed by atoms with Gasteiger partial charge in [0.1, 0.15) is 5.75 Å². The van der Waals surface area contributed by atoms with E-state index in [9.17, 15) is 9.90 Å².